The van der Waals surface area contributed by atoms with Crippen LogP contribution in [0.5, 0.6) is 0 Å². The van der Waals surface area contributed by atoms with E-state index in [1.165, 1.54) is 0 Å². The summed E-state index contributed by atoms with van der Waals surface area (Å²) in [4.78, 5) is 0. The quantitative estimate of drug-likeness (QED) is 0.775. The number of rotatable bonds is 3. The van der Waals surface area contributed by atoms with Crippen molar-refractivity contribution >= 4 is 0 Å². The lowest BCUT2D eigenvalue weighted by Gasteiger charge is -2.36. The second-order valence-corrected chi connectivity index (χ2v) is 4.69. The number of hydrogen-bond donors (Lipinski definition) is 1. The molecule has 0 aliphatic heterocycles. The molecule has 0 amide bonds. The molecule has 0 aromatic heterocycles. The summed E-state index contributed by atoms with van der Waals surface area (Å²) in [6.07, 6.45) is -1.28. The second kappa shape index (κ2) is 4.73. The highest BCUT2D eigenvalue weighted by molar-refractivity contribution is 4.85. The predicted octanol–water partition coefficient (Wildman–Crippen LogP) is 3.66. The van der Waals surface area contributed by atoms with Gasteiger partial charge in [-0.05, 0) is 38.0 Å². The molecule has 0 spiro atoms. The molecule has 0 atom stereocenters. The van der Waals surface area contributed by atoms with Crippen molar-refractivity contribution in [3.05, 3.63) is 0 Å². The van der Waals surface area contributed by atoms with Gasteiger partial charge in [-0.1, -0.05) is 13.3 Å². The Balaban J connectivity index is 2.35. The largest absolute Gasteiger partial charge is 0.390 e. The van der Waals surface area contributed by atoms with Crippen LogP contribution in [0.1, 0.15) is 51.9 Å². The molecule has 0 heterocycles. The number of alkyl halides is 3. The zero-order valence-electron chi connectivity index (χ0n) is 9.11. The van der Waals surface area contributed by atoms with E-state index in [0.717, 1.165) is 19.3 Å². The van der Waals surface area contributed by atoms with E-state index in [9.17, 15) is 18.3 Å². The van der Waals surface area contributed by atoms with Crippen molar-refractivity contribution in [1.29, 1.82) is 0 Å². The third kappa shape index (κ3) is 4.41. The van der Waals surface area contributed by atoms with E-state index < -0.39 is 18.2 Å². The molecule has 1 nitrogen and oxygen atoms in total. The maximum atomic E-state index is 12.0. The summed E-state index contributed by atoms with van der Waals surface area (Å²) in [6.45, 7) is 2.09. The predicted molar refractivity (Wildman–Crippen MR) is 52.5 cm³/mol. The highest BCUT2D eigenvalue weighted by atomic mass is 19.4. The molecule has 15 heavy (non-hydrogen) atoms. The van der Waals surface area contributed by atoms with Gasteiger partial charge in [0.1, 0.15) is 0 Å². The molecule has 1 aliphatic rings. The standard InChI is InChI=1S/C11H19F3O/c1-2-9-3-5-10(15,6-4-9)7-8-11(12,13)14/h9,15H,2-8H2,1H3. The van der Waals surface area contributed by atoms with Crippen LogP contribution in [0.25, 0.3) is 0 Å². The molecule has 0 unspecified atom stereocenters. The van der Waals surface area contributed by atoms with E-state index in [-0.39, 0.29) is 6.42 Å². The molecule has 0 aromatic carbocycles. The molecule has 1 fully saturated rings. The Morgan fingerprint density at radius 1 is 1.27 bits per heavy atom. The summed E-state index contributed by atoms with van der Waals surface area (Å²) in [5, 5.41) is 9.95. The van der Waals surface area contributed by atoms with Gasteiger partial charge in [0.05, 0.1) is 5.60 Å². The van der Waals surface area contributed by atoms with Crippen LogP contribution in [-0.4, -0.2) is 16.9 Å². The van der Waals surface area contributed by atoms with E-state index in [1.807, 2.05) is 0 Å². The van der Waals surface area contributed by atoms with Gasteiger partial charge in [0.2, 0.25) is 0 Å². The third-order valence-electron chi connectivity index (χ3n) is 3.49. The normalized spacial score (nSPS) is 33.0. The van der Waals surface area contributed by atoms with Gasteiger partial charge >= 0.3 is 6.18 Å². The highest BCUT2D eigenvalue weighted by Gasteiger charge is 2.37. The van der Waals surface area contributed by atoms with Crippen molar-refractivity contribution in [2.75, 3.05) is 0 Å². The van der Waals surface area contributed by atoms with E-state index in [4.69, 9.17) is 0 Å². The molecule has 1 rings (SSSR count). The van der Waals surface area contributed by atoms with Crippen LogP contribution in [0, 0.1) is 5.92 Å². The summed E-state index contributed by atoms with van der Waals surface area (Å²) in [5.74, 6) is 0.594. The van der Waals surface area contributed by atoms with Gasteiger partial charge in [-0.3, -0.25) is 0 Å². The van der Waals surface area contributed by atoms with E-state index in [1.54, 1.807) is 0 Å². The molecule has 0 aromatic rings. The molecule has 0 radical (unpaired) electrons. The van der Waals surface area contributed by atoms with Crippen molar-refractivity contribution in [2.24, 2.45) is 5.92 Å². The minimum absolute atomic E-state index is 0.132. The van der Waals surface area contributed by atoms with Gasteiger partial charge in [-0.15, -0.1) is 0 Å². The minimum Gasteiger partial charge on any atom is -0.390 e. The fourth-order valence-electron chi connectivity index (χ4n) is 2.25. The number of hydrogen-bond acceptors (Lipinski definition) is 1. The van der Waals surface area contributed by atoms with Gasteiger partial charge in [0, 0.05) is 6.42 Å². The molecular weight excluding hydrogens is 205 g/mol. The summed E-state index contributed by atoms with van der Waals surface area (Å²) in [6, 6.07) is 0. The smallest absolute Gasteiger partial charge is 0.389 e. The molecule has 0 saturated heterocycles. The SMILES string of the molecule is CCC1CCC(O)(CCC(F)(F)F)CC1. The molecule has 0 bridgehead atoms. The van der Waals surface area contributed by atoms with Crippen molar-refractivity contribution in [2.45, 2.75) is 63.6 Å². The average molecular weight is 224 g/mol. The molecule has 1 aliphatic carbocycles. The minimum atomic E-state index is -4.14. The van der Waals surface area contributed by atoms with Crippen molar-refractivity contribution in [3.8, 4) is 0 Å². The average Bonchev–Trinajstić information content (AvgIpc) is 2.16. The first kappa shape index (κ1) is 12.8. The summed E-state index contributed by atoms with van der Waals surface area (Å²) < 4.78 is 36.0. The summed E-state index contributed by atoms with van der Waals surface area (Å²) in [5.41, 5.74) is -1.05. The maximum Gasteiger partial charge on any atom is 0.389 e. The zero-order valence-corrected chi connectivity index (χ0v) is 9.11. The van der Waals surface area contributed by atoms with Crippen LogP contribution in [0.3, 0.4) is 0 Å². The monoisotopic (exact) mass is 224 g/mol. The molecule has 90 valence electrons. The highest BCUT2D eigenvalue weighted by Crippen LogP contribution is 2.38. The Kier molecular flexibility index (Phi) is 4.04. The van der Waals surface area contributed by atoms with Crippen molar-refractivity contribution < 1.29 is 18.3 Å². The van der Waals surface area contributed by atoms with Crippen LogP contribution in [0.2, 0.25) is 0 Å². The third-order valence-corrected chi connectivity index (χ3v) is 3.49. The van der Waals surface area contributed by atoms with E-state index in [0.29, 0.717) is 18.8 Å². The Labute approximate surface area is 88.7 Å². The maximum absolute atomic E-state index is 12.0. The Hall–Kier alpha value is -0.250. The van der Waals surface area contributed by atoms with E-state index >= 15 is 0 Å². The molecule has 4 heteroatoms. The molecular formula is C11H19F3O. The lowest BCUT2D eigenvalue weighted by Crippen LogP contribution is -2.35. The van der Waals surface area contributed by atoms with Gasteiger partial charge in [0.15, 0.2) is 0 Å². The number of halogens is 3. The number of aliphatic hydroxyl groups is 1. The first-order valence-corrected chi connectivity index (χ1v) is 5.64. The van der Waals surface area contributed by atoms with Crippen LogP contribution >= 0.6 is 0 Å². The topological polar surface area (TPSA) is 20.2 Å². The van der Waals surface area contributed by atoms with Gasteiger partial charge < -0.3 is 5.11 Å². The lowest BCUT2D eigenvalue weighted by molar-refractivity contribution is -0.150. The Morgan fingerprint density at radius 2 is 1.80 bits per heavy atom. The van der Waals surface area contributed by atoms with Gasteiger partial charge in [-0.2, -0.15) is 13.2 Å². The van der Waals surface area contributed by atoms with Crippen LogP contribution in [0.15, 0.2) is 0 Å². The van der Waals surface area contributed by atoms with Crippen LogP contribution < -0.4 is 0 Å². The van der Waals surface area contributed by atoms with Crippen molar-refractivity contribution in [3.63, 3.8) is 0 Å². The summed E-state index contributed by atoms with van der Waals surface area (Å²) >= 11 is 0. The van der Waals surface area contributed by atoms with Crippen LogP contribution in [-0.2, 0) is 0 Å². The first-order chi connectivity index (χ1) is 6.85. The van der Waals surface area contributed by atoms with Crippen LogP contribution in [0.4, 0.5) is 13.2 Å². The van der Waals surface area contributed by atoms with Crippen molar-refractivity contribution in [1.82, 2.24) is 0 Å². The van der Waals surface area contributed by atoms with Gasteiger partial charge in [0.25, 0.3) is 0 Å². The zero-order chi connectivity index (χ0) is 11.5. The Morgan fingerprint density at radius 3 is 2.20 bits per heavy atom. The Bertz CT molecular complexity index is 192. The molecule has 1 saturated carbocycles. The van der Waals surface area contributed by atoms with Gasteiger partial charge in [-0.25, -0.2) is 0 Å². The second-order valence-electron chi connectivity index (χ2n) is 4.69. The molecule has 1 N–H and O–H groups in total. The van der Waals surface area contributed by atoms with E-state index in [2.05, 4.69) is 6.92 Å². The lowest BCUT2D eigenvalue weighted by atomic mass is 9.76. The fourth-order valence-corrected chi connectivity index (χ4v) is 2.25. The first-order valence-electron chi connectivity index (χ1n) is 5.64. The fraction of sp³-hybridized carbons (Fsp3) is 1.00. The summed E-state index contributed by atoms with van der Waals surface area (Å²) in [7, 11) is 0.